The van der Waals surface area contributed by atoms with Crippen molar-refractivity contribution in [3.8, 4) is 0 Å². The van der Waals surface area contributed by atoms with E-state index in [4.69, 9.17) is 21.1 Å². The zero-order chi connectivity index (χ0) is 34.5. The first-order chi connectivity index (χ1) is 21.0. The quantitative estimate of drug-likeness (QED) is 0.0492. The largest absolute Gasteiger partial charge is 0.481 e. The lowest BCUT2D eigenvalue weighted by Gasteiger charge is -2.20. The molecule has 0 fully saturated rings. The first-order valence-electron chi connectivity index (χ1n) is 13.3. The molecule has 21 heteroatoms. The summed E-state index contributed by atoms with van der Waals surface area (Å²) < 4.78 is 0. The number of carbonyl (C=O) groups is 10. The molecule has 0 saturated carbocycles. The van der Waals surface area contributed by atoms with Crippen LogP contribution in [0.25, 0.3) is 0 Å². The van der Waals surface area contributed by atoms with E-state index in [1.807, 2.05) is 0 Å². The van der Waals surface area contributed by atoms with Gasteiger partial charge in [-0.1, -0.05) is 0 Å². The Labute approximate surface area is 255 Å². The first-order valence-corrected chi connectivity index (χ1v) is 13.3. The van der Waals surface area contributed by atoms with Crippen LogP contribution in [-0.4, -0.2) is 126 Å². The van der Waals surface area contributed by atoms with E-state index in [1.54, 1.807) is 0 Å². The minimum atomic E-state index is -1.51. The van der Waals surface area contributed by atoms with Crippen molar-refractivity contribution in [2.75, 3.05) is 33.2 Å². The van der Waals surface area contributed by atoms with Gasteiger partial charge < -0.3 is 58.3 Å². The molecular formula is C24H38N8O13. The molecule has 0 aromatic carbocycles. The van der Waals surface area contributed by atoms with E-state index < -0.39 is 123 Å². The van der Waals surface area contributed by atoms with Crippen LogP contribution in [0.4, 0.5) is 0 Å². The van der Waals surface area contributed by atoms with Crippen LogP contribution in [0.5, 0.6) is 0 Å². The number of nitrogens with two attached hydrogens (primary N) is 1. The number of carbonyl (C=O) groups excluding carboxylic acids is 7. The van der Waals surface area contributed by atoms with E-state index in [2.05, 4.69) is 37.2 Å². The van der Waals surface area contributed by atoms with E-state index in [0.29, 0.717) is 0 Å². The number of primary amides is 1. The zero-order valence-electron chi connectivity index (χ0n) is 24.3. The third-order valence-corrected chi connectivity index (χ3v) is 5.55. The summed E-state index contributed by atoms with van der Waals surface area (Å²) in [4.78, 5) is 118. The molecule has 3 atom stereocenters. The number of likely N-dealkylation sites (N-methyl/N-ethyl adjacent to an activating group) is 1. The molecule has 45 heavy (non-hydrogen) atoms. The molecule has 0 saturated heterocycles. The van der Waals surface area contributed by atoms with Gasteiger partial charge in [-0.15, -0.1) is 0 Å². The first kappa shape index (κ1) is 39.7. The van der Waals surface area contributed by atoms with Crippen molar-refractivity contribution in [2.24, 2.45) is 5.73 Å². The molecule has 0 rings (SSSR count). The summed E-state index contributed by atoms with van der Waals surface area (Å²) in [5.74, 6) is -10.2. The summed E-state index contributed by atoms with van der Waals surface area (Å²) in [7, 11) is 1.50. The Morgan fingerprint density at radius 2 is 0.844 bits per heavy atom. The number of carboxylic acids is 3. The Bertz CT molecular complexity index is 1130. The summed E-state index contributed by atoms with van der Waals surface area (Å²) in [6.45, 7) is -2.17. The average molecular weight is 647 g/mol. The topological polar surface area (TPSA) is 342 Å². The van der Waals surface area contributed by atoms with Crippen molar-refractivity contribution in [1.29, 1.82) is 0 Å². The van der Waals surface area contributed by atoms with Crippen LogP contribution < -0.4 is 43.0 Å². The van der Waals surface area contributed by atoms with Crippen LogP contribution in [0.2, 0.25) is 0 Å². The van der Waals surface area contributed by atoms with Crippen LogP contribution in [0.3, 0.4) is 0 Å². The van der Waals surface area contributed by atoms with Crippen LogP contribution in [0.15, 0.2) is 0 Å². The molecule has 0 aliphatic rings. The van der Waals surface area contributed by atoms with Crippen molar-refractivity contribution in [3.05, 3.63) is 0 Å². The van der Waals surface area contributed by atoms with Crippen molar-refractivity contribution in [3.63, 3.8) is 0 Å². The molecule has 0 aromatic rings. The van der Waals surface area contributed by atoms with Crippen molar-refractivity contribution < 1.29 is 63.3 Å². The van der Waals surface area contributed by atoms with E-state index in [0.717, 1.165) is 0 Å². The van der Waals surface area contributed by atoms with Gasteiger partial charge in [0.05, 0.1) is 26.2 Å². The maximum absolute atomic E-state index is 12.6. The maximum Gasteiger partial charge on any atom is 0.303 e. The van der Waals surface area contributed by atoms with Gasteiger partial charge >= 0.3 is 17.9 Å². The van der Waals surface area contributed by atoms with Gasteiger partial charge in [0, 0.05) is 19.3 Å². The SMILES string of the molecule is CNCC(=O)NCC(=O)NC(CCC(=O)O)C(=O)NCC(=O)NC(CCC(=O)O)C(=O)NCC(=O)NC(CCC(=O)O)C(N)=O. The molecular weight excluding hydrogens is 608 g/mol. The zero-order valence-corrected chi connectivity index (χ0v) is 24.3. The Morgan fingerprint density at radius 1 is 0.511 bits per heavy atom. The maximum atomic E-state index is 12.6. The normalized spacial score (nSPS) is 12.3. The Hall–Kier alpha value is -5.34. The lowest BCUT2D eigenvalue weighted by Crippen LogP contribution is -2.54. The minimum absolute atomic E-state index is 0.0889. The van der Waals surface area contributed by atoms with Gasteiger partial charge in [-0.25, -0.2) is 0 Å². The fourth-order valence-corrected chi connectivity index (χ4v) is 3.35. The highest BCUT2D eigenvalue weighted by molar-refractivity contribution is 5.95. The Morgan fingerprint density at radius 3 is 1.18 bits per heavy atom. The minimum Gasteiger partial charge on any atom is -0.481 e. The molecule has 0 bridgehead atoms. The molecule has 0 spiro atoms. The molecule has 0 radical (unpaired) electrons. The summed E-state index contributed by atoms with van der Waals surface area (Å²) in [5.41, 5.74) is 5.12. The van der Waals surface area contributed by atoms with Gasteiger partial charge in [0.25, 0.3) is 0 Å². The predicted molar refractivity (Wildman–Crippen MR) is 149 cm³/mol. The monoisotopic (exact) mass is 646 g/mol. The van der Waals surface area contributed by atoms with Crippen molar-refractivity contribution >= 4 is 59.3 Å². The second-order valence-corrected chi connectivity index (χ2v) is 9.30. The summed E-state index contributed by atoms with van der Waals surface area (Å²) in [6, 6.07) is -4.29. The van der Waals surface area contributed by atoms with E-state index >= 15 is 0 Å². The van der Waals surface area contributed by atoms with E-state index in [1.165, 1.54) is 7.05 Å². The number of aliphatic carboxylic acids is 3. The highest BCUT2D eigenvalue weighted by Gasteiger charge is 2.26. The van der Waals surface area contributed by atoms with Crippen LogP contribution in [0, 0.1) is 0 Å². The standard InChI is InChI=1S/C24H38N8O13/c1-26-8-15(33)27-9-16(34)31-13(3-6-20(39)40)23(44)29-11-18(36)32-14(4-7-21(41)42)24(45)28-10-17(35)30-12(22(25)43)2-5-19(37)38/h12-14,26H,2-11H2,1H3,(H2,25,43)(H,27,33)(H,28,45)(H,29,44)(H,30,35)(H,31,34)(H,32,36)(H,37,38)(H,39,40)(H,41,42). The van der Waals surface area contributed by atoms with Crippen molar-refractivity contribution in [1.82, 2.24) is 37.2 Å². The van der Waals surface area contributed by atoms with Gasteiger partial charge in [0.15, 0.2) is 0 Å². The molecule has 3 unspecified atom stereocenters. The molecule has 0 aliphatic carbocycles. The van der Waals surface area contributed by atoms with Gasteiger partial charge in [-0.3, -0.25) is 47.9 Å². The van der Waals surface area contributed by atoms with E-state index in [-0.39, 0.29) is 19.4 Å². The lowest BCUT2D eigenvalue weighted by molar-refractivity contribution is -0.138. The molecule has 0 aromatic heterocycles. The number of hydrogen-bond donors (Lipinski definition) is 11. The predicted octanol–water partition coefficient (Wildman–Crippen LogP) is -5.91. The molecule has 0 aliphatic heterocycles. The summed E-state index contributed by atoms with van der Waals surface area (Å²) >= 11 is 0. The highest BCUT2D eigenvalue weighted by Crippen LogP contribution is 2.01. The Kier molecular flexibility index (Phi) is 18.8. The van der Waals surface area contributed by atoms with Crippen LogP contribution in [0.1, 0.15) is 38.5 Å². The smallest absolute Gasteiger partial charge is 0.303 e. The molecule has 252 valence electrons. The number of carboxylic acid groups (broad SMARTS) is 3. The molecule has 0 heterocycles. The average Bonchev–Trinajstić information content (AvgIpc) is 2.95. The lowest BCUT2D eigenvalue weighted by atomic mass is 10.1. The third kappa shape index (κ3) is 19.5. The summed E-state index contributed by atoms with van der Waals surface area (Å²) in [6.07, 6.45) is -2.76. The Balaban J connectivity index is 5.20. The number of rotatable bonds is 23. The molecule has 21 nitrogen and oxygen atoms in total. The number of hydrogen-bond acceptors (Lipinski definition) is 11. The van der Waals surface area contributed by atoms with Gasteiger partial charge in [-0.05, 0) is 26.3 Å². The fourth-order valence-electron chi connectivity index (χ4n) is 3.35. The summed E-state index contributed by atoms with van der Waals surface area (Å²) in [5, 5.41) is 42.3. The molecule has 7 amide bonds. The van der Waals surface area contributed by atoms with Crippen molar-refractivity contribution in [2.45, 2.75) is 56.7 Å². The third-order valence-electron chi connectivity index (χ3n) is 5.55. The number of nitrogens with one attached hydrogen (secondary N) is 7. The van der Waals surface area contributed by atoms with E-state index in [9.17, 15) is 47.9 Å². The van der Waals surface area contributed by atoms with Gasteiger partial charge in [0.2, 0.25) is 41.4 Å². The number of amides is 7. The fraction of sp³-hybridized carbons (Fsp3) is 0.583. The second kappa shape index (κ2) is 21.4. The van der Waals surface area contributed by atoms with Gasteiger partial charge in [-0.2, -0.15) is 0 Å². The molecule has 12 N–H and O–H groups in total. The van der Waals surface area contributed by atoms with Gasteiger partial charge in [0.1, 0.15) is 18.1 Å². The van der Waals surface area contributed by atoms with Crippen LogP contribution >= 0.6 is 0 Å². The highest BCUT2D eigenvalue weighted by atomic mass is 16.4. The second-order valence-electron chi connectivity index (χ2n) is 9.30. The van der Waals surface area contributed by atoms with Crippen LogP contribution in [-0.2, 0) is 47.9 Å².